The number of aromatic nitrogens is 3. The summed E-state index contributed by atoms with van der Waals surface area (Å²) in [5.41, 5.74) is 11.6. The fraction of sp³-hybridized carbons (Fsp3) is 0. The second-order valence-electron chi connectivity index (χ2n) is 13.2. The van der Waals surface area contributed by atoms with E-state index in [2.05, 4.69) is 176 Å². The van der Waals surface area contributed by atoms with Gasteiger partial charge in [-0.15, -0.1) is 0 Å². The lowest BCUT2D eigenvalue weighted by Gasteiger charge is -2.13. The quantitative estimate of drug-likeness (QED) is 0.172. The first-order chi connectivity index (χ1) is 25.8. The summed E-state index contributed by atoms with van der Waals surface area (Å²) >= 11 is 0. The third-order valence-electron chi connectivity index (χ3n) is 10.1. The van der Waals surface area contributed by atoms with E-state index in [1.165, 1.54) is 27.1 Å². The fourth-order valence-corrected chi connectivity index (χ4v) is 7.48. The molecule has 0 aliphatic heterocycles. The summed E-state index contributed by atoms with van der Waals surface area (Å²) in [6, 6.07) is 66.2. The highest BCUT2D eigenvalue weighted by atomic mass is 14.9. The van der Waals surface area contributed by atoms with Crippen molar-refractivity contribution in [1.29, 1.82) is 0 Å². The number of nitrogens with zero attached hydrogens (tertiary/aromatic N) is 3. The van der Waals surface area contributed by atoms with Crippen LogP contribution in [0.1, 0.15) is 0 Å². The minimum absolute atomic E-state index is 0.711. The van der Waals surface area contributed by atoms with E-state index in [1.807, 2.05) is 12.1 Å². The summed E-state index contributed by atoms with van der Waals surface area (Å²) in [5.74, 6) is 0.711. The molecule has 0 saturated carbocycles. The van der Waals surface area contributed by atoms with Gasteiger partial charge >= 0.3 is 0 Å². The Morgan fingerprint density at radius 2 is 0.808 bits per heavy atom. The average Bonchev–Trinajstić information content (AvgIpc) is 3.23. The van der Waals surface area contributed by atoms with E-state index in [-0.39, 0.29) is 0 Å². The third kappa shape index (κ3) is 5.19. The van der Waals surface area contributed by atoms with E-state index in [9.17, 15) is 0 Å². The summed E-state index contributed by atoms with van der Waals surface area (Å²) in [5, 5.41) is 7.11. The Morgan fingerprint density at radius 3 is 1.58 bits per heavy atom. The zero-order valence-corrected chi connectivity index (χ0v) is 28.2. The number of benzene rings is 8. The molecule has 2 heterocycles. The van der Waals surface area contributed by atoms with Gasteiger partial charge < -0.3 is 0 Å². The lowest BCUT2D eigenvalue weighted by Crippen LogP contribution is -1.95. The van der Waals surface area contributed by atoms with Crippen molar-refractivity contribution in [2.24, 2.45) is 0 Å². The second-order valence-corrected chi connectivity index (χ2v) is 13.2. The van der Waals surface area contributed by atoms with Crippen LogP contribution in [0.25, 0.3) is 99.5 Å². The number of hydrogen-bond donors (Lipinski definition) is 0. The fourth-order valence-electron chi connectivity index (χ4n) is 7.48. The smallest absolute Gasteiger partial charge is 0.160 e. The summed E-state index contributed by atoms with van der Waals surface area (Å²) in [6.45, 7) is 0. The van der Waals surface area contributed by atoms with Crippen LogP contribution in [0.3, 0.4) is 0 Å². The Balaban J connectivity index is 1.00. The maximum Gasteiger partial charge on any atom is 0.160 e. The van der Waals surface area contributed by atoms with Crippen LogP contribution in [-0.2, 0) is 0 Å². The van der Waals surface area contributed by atoms with Crippen molar-refractivity contribution in [2.45, 2.75) is 0 Å². The van der Waals surface area contributed by atoms with Crippen molar-refractivity contribution >= 4 is 43.4 Å². The van der Waals surface area contributed by atoms with Gasteiger partial charge in [-0.3, -0.25) is 0 Å². The molecule has 0 aliphatic carbocycles. The zero-order valence-electron chi connectivity index (χ0n) is 28.2. The Morgan fingerprint density at radius 1 is 0.269 bits per heavy atom. The molecular formula is C49H31N3. The van der Waals surface area contributed by atoms with E-state index < -0.39 is 0 Å². The van der Waals surface area contributed by atoms with Gasteiger partial charge in [-0.1, -0.05) is 170 Å². The summed E-state index contributed by atoms with van der Waals surface area (Å²) < 4.78 is 0. The highest BCUT2D eigenvalue weighted by Crippen LogP contribution is 2.38. The van der Waals surface area contributed by atoms with Crippen molar-refractivity contribution in [3.8, 4) is 56.2 Å². The molecule has 0 aliphatic rings. The van der Waals surface area contributed by atoms with E-state index in [0.717, 1.165) is 66.6 Å². The third-order valence-corrected chi connectivity index (χ3v) is 10.1. The monoisotopic (exact) mass is 661 g/mol. The van der Waals surface area contributed by atoms with E-state index >= 15 is 0 Å². The van der Waals surface area contributed by atoms with Gasteiger partial charge in [0, 0.05) is 38.2 Å². The molecule has 0 spiro atoms. The largest absolute Gasteiger partial charge is 0.247 e. The minimum atomic E-state index is 0.711. The van der Waals surface area contributed by atoms with Gasteiger partial charge in [-0.25, -0.2) is 15.0 Å². The summed E-state index contributed by atoms with van der Waals surface area (Å²) in [6.07, 6.45) is 0. The molecule has 0 N–H and O–H groups in total. The molecule has 10 rings (SSSR count). The lowest BCUT2D eigenvalue weighted by molar-refractivity contribution is 1.23. The molecular weight excluding hydrogens is 631 g/mol. The van der Waals surface area contributed by atoms with Gasteiger partial charge in [0.15, 0.2) is 5.82 Å². The van der Waals surface area contributed by atoms with Crippen LogP contribution in [0.4, 0.5) is 0 Å². The Labute approximate surface area is 301 Å². The molecule has 52 heavy (non-hydrogen) atoms. The topological polar surface area (TPSA) is 38.7 Å². The molecule has 3 nitrogen and oxygen atoms in total. The molecule has 10 aromatic rings. The van der Waals surface area contributed by atoms with Gasteiger partial charge in [0.1, 0.15) is 0 Å². The first-order valence-electron chi connectivity index (χ1n) is 17.6. The standard InChI is InChI=1S/C49H31N3/c1-2-11-32(12-3-1)38-14-10-15-39(31-38)48-42-18-7-9-20-45(42)51-49(52-48)37-27-23-34(24-28-37)33-21-25-36(26-22-33)47-43-30-29-35-13-4-5-16-40(35)46(43)41-17-6-8-19-44(41)50-47/h1-31H. The van der Waals surface area contributed by atoms with E-state index in [1.54, 1.807) is 0 Å². The average molecular weight is 662 g/mol. The summed E-state index contributed by atoms with van der Waals surface area (Å²) in [7, 11) is 0. The first kappa shape index (κ1) is 29.9. The van der Waals surface area contributed by atoms with Crippen molar-refractivity contribution in [2.75, 3.05) is 0 Å². The molecule has 0 radical (unpaired) electrons. The van der Waals surface area contributed by atoms with Crippen LogP contribution in [0.5, 0.6) is 0 Å². The maximum absolute atomic E-state index is 5.18. The minimum Gasteiger partial charge on any atom is -0.247 e. The Kier molecular flexibility index (Phi) is 7.14. The van der Waals surface area contributed by atoms with Gasteiger partial charge in [0.05, 0.1) is 22.4 Å². The number of hydrogen-bond acceptors (Lipinski definition) is 3. The molecule has 0 saturated heterocycles. The lowest BCUT2D eigenvalue weighted by atomic mass is 9.94. The first-order valence-corrected chi connectivity index (χ1v) is 17.6. The van der Waals surface area contributed by atoms with Gasteiger partial charge in [-0.05, 0) is 51.2 Å². The highest BCUT2D eigenvalue weighted by Gasteiger charge is 2.15. The van der Waals surface area contributed by atoms with E-state index in [0.29, 0.717) is 5.82 Å². The molecule has 0 amide bonds. The molecule has 0 unspecified atom stereocenters. The van der Waals surface area contributed by atoms with Crippen molar-refractivity contribution < 1.29 is 0 Å². The number of rotatable bonds is 5. The van der Waals surface area contributed by atoms with Gasteiger partial charge in [0.2, 0.25) is 0 Å². The highest BCUT2D eigenvalue weighted by molar-refractivity contribution is 6.22. The van der Waals surface area contributed by atoms with Crippen LogP contribution < -0.4 is 0 Å². The zero-order chi connectivity index (χ0) is 34.4. The Hall–Kier alpha value is -6.97. The van der Waals surface area contributed by atoms with Crippen LogP contribution in [0.15, 0.2) is 188 Å². The number of fused-ring (bicyclic) bond motifs is 6. The number of para-hydroxylation sites is 2. The predicted molar refractivity (Wildman–Crippen MR) is 217 cm³/mol. The van der Waals surface area contributed by atoms with Crippen LogP contribution >= 0.6 is 0 Å². The second kappa shape index (κ2) is 12.4. The molecule has 0 fully saturated rings. The maximum atomic E-state index is 5.18. The molecule has 8 aromatic carbocycles. The molecule has 2 aromatic heterocycles. The van der Waals surface area contributed by atoms with Crippen molar-refractivity contribution in [1.82, 2.24) is 15.0 Å². The van der Waals surface area contributed by atoms with Crippen LogP contribution in [0, 0.1) is 0 Å². The predicted octanol–water partition coefficient (Wildman–Crippen LogP) is 12.8. The number of pyridine rings is 1. The summed E-state index contributed by atoms with van der Waals surface area (Å²) in [4.78, 5) is 15.4. The van der Waals surface area contributed by atoms with E-state index in [4.69, 9.17) is 15.0 Å². The van der Waals surface area contributed by atoms with Gasteiger partial charge in [0.25, 0.3) is 0 Å². The van der Waals surface area contributed by atoms with Crippen molar-refractivity contribution in [3.05, 3.63) is 188 Å². The molecule has 3 heteroatoms. The molecule has 242 valence electrons. The SMILES string of the molecule is c1ccc(-c2cccc(-c3nc(-c4ccc(-c5ccc(-c6nc7ccccc7c7c6ccc6ccccc67)cc5)cc4)nc4ccccc34)c2)cc1. The van der Waals surface area contributed by atoms with Crippen LogP contribution in [-0.4, -0.2) is 15.0 Å². The van der Waals surface area contributed by atoms with Crippen LogP contribution in [0.2, 0.25) is 0 Å². The molecule has 0 bridgehead atoms. The normalized spacial score (nSPS) is 11.5. The van der Waals surface area contributed by atoms with Crippen molar-refractivity contribution in [3.63, 3.8) is 0 Å². The molecule has 0 atom stereocenters. The van der Waals surface area contributed by atoms with Gasteiger partial charge in [-0.2, -0.15) is 0 Å². The Bertz CT molecular complexity index is 2920.